The van der Waals surface area contributed by atoms with Gasteiger partial charge < -0.3 is 0 Å². The first kappa shape index (κ1) is 10.5. The van der Waals surface area contributed by atoms with Crippen LogP contribution in [0.15, 0.2) is 22.5 Å². The van der Waals surface area contributed by atoms with Crippen molar-refractivity contribution in [1.29, 1.82) is 0 Å². The molecule has 0 N–H and O–H groups in total. The first-order valence-electron chi connectivity index (χ1n) is 5.13. The van der Waals surface area contributed by atoms with Gasteiger partial charge in [0.15, 0.2) is 0 Å². The van der Waals surface area contributed by atoms with Crippen LogP contribution in [0.25, 0.3) is 0 Å². The first-order valence-corrected chi connectivity index (χ1v) is 5.13. The zero-order valence-electron chi connectivity index (χ0n) is 9.08. The summed E-state index contributed by atoms with van der Waals surface area (Å²) in [5.41, 5.74) is 3.51. The van der Waals surface area contributed by atoms with E-state index in [1.54, 1.807) is 0 Å². The van der Waals surface area contributed by atoms with Gasteiger partial charge in [0.25, 0.3) is 0 Å². The molecular formula is C12H19F. The van der Waals surface area contributed by atoms with E-state index >= 15 is 0 Å². The highest BCUT2D eigenvalue weighted by atomic mass is 19.1. The maximum absolute atomic E-state index is 13.5. The molecule has 1 aliphatic carbocycles. The normalized spacial score (nSPS) is 25.2. The SMILES string of the molecule is CCC1=C(C)C(C)CCC(F)=C1C. The van der Waals surface area contributed by atoms with Crippen molar-refractivity contribution in [3.8, 4) is 0 Å². The molecule has 13 heavy (non-hydrogen) atoms. The molecule has 0 aromatic heterocycles. The Bertz CT molecular complexity index is 258. The Balaban J connectivity index is 3.12. The van der Waals surface area contributed by atoms with Crippen LogP contribution in [0.2, 0.25) is 0 Å². The van der Waals surface area contributed by atoms with E-state index in [1.807, 2.05) is 6.92 Å². The summed E-state index contributed by atoms with van der Waals surface area (Å²) in [7, 11) is 0. The van der Waals surface area contributed by atoms with E-state index in [1.165, 1.54) is 11.1 Å². The van der Waals surface area contributed by atoms with Crippen LogP contribution >= 0.6 is 0 Å². The lowest BCUT2D eigenvalue weighted by atomic mass is 9.92. The minimum Gasteiger partial charge on any atom is -0.212 e. The van der Waals surface area contributed by atoms with Gasteiger partial charge >= 0.3 is 0 Å². The molecule has 0 radical (unpaired) electrons. The molecule has 0 amide bonds. The lowest BCUT2D eigenvalue weighted by molar-refractivity contribution is 0.529. The molecule has 0 saturated carbocycles. The summed E-state index contributed by atoms with van der Waals surface area (Å²) in [5.74, 6) is 0.638. The second-order valence-corrected chi connectivity index (χ2v) is 3.98. The third-order valence-electron chi connectivity index (χ3n) is 3.23. The predicted octanol–water partition coefficient (Wildman–Crippen LogP) is 4.39. The maximum Gasteiger partial charge on any atom is 0.103 e. The van der Waals surface area contributed by atoms with E-state index in [4.69, 9.17) is 0 Å². The monoisotopic (exact) mass is 182 g/mol. The molecule has 1 aliphatic rings. The lowest BCUT2D eigenvalue weighted by Crippen LogP contribution is -1.97. The van der Waals surface area contributed by atoms with Gasteiger partial charge in [-0.2, -0.15) is 0 Å². The Labute approximate surface area is 80.5 Å². The Kier molecular flexibility index (Phi) is 3.29. The highest BCUT2D eigenvalue weighted by Gasteiger charge is 2.17. The van der Waals surface area contributed by atoms with Gasteiger partial charge in [0.1, 0.15) is 5.83 Å². The van der Waals surface area contributed by atoms with E-state index in [0.717, 1.165) is 18.4 Å². The molecule has 1 unspecified atom stereocenters. The standard InChI is InChI=1S/C12H19F/c1-5-11-9(3)8(2)6-7-12(13)10(11)4/h8H,5-7H2,1-4H3. The Hall–Kier alpha value is -0.590. The molecule has 0 aromatic carbocycles. The molecule has 0 aliphatic heterocycles. The van der Waals surface area contributed by atoms with E-state index in [0.29, 0.717) is 12.3 Å². The lowest BCUT2D eigenvalue weighted by Gasteiger charge is -2.13. The topological polar surface area (TPSA) is 0 Å². The van der Waals surface area contributed by atoms with Crippen LogP contribution in [-0.4, -0.2) is 0 Å². The molecule has 0 heterocycles. The molecule has 0 nitrogen and oxygen atoms in total. The number of hydrogen-bond donors (Lipinski definition) is 0. The number of allylic oxidation sites excluding steroid dienone is 4. The highest BCUT2D eigenvalue weighted by Crippen LogP contribution is 2.34. The van der Waals surface area contributed by atoms with Crippen LogP contribution < -0.4 is 0 Å². The van der Waals surface area contributed by atoms with Crippen molar-refractivity contribution in [2.24, 2.45) is 5.92 Å². The van der Waals surface area contributed by atoms with E-state index < -0.39 is 0 Å². The fourth-order valence-electron chi connectivity index (χ4n) is 2.05. The predicted molar refractivity (Wildman–Crippen MR) is 55.2 cm³/mol. The van der Waals surface area contributed by atoms with Gasteiger partial charge in [-0.1, -0.05) is 19.4 Å². The van der Waals surface area contributed by atoms with Crippen molar-refractivity contribution in [3.05, 3.63) is 22.5 Å². The smallest absolute Gasteiger partial charge is 0.103 e. The van der Waals surface area contributed by atoms with Gasteiger partial charge in [0.2, 0.25) is 0 Å². The van der Waals surface area contributed by atoms with Gasteiger partial charge in [-0.3, -0.25) is 0 Å². The molecule has 1 atom stereocenters. The van der Waals surface area contributed by atoms with Gasteiger partial charge in [0, 0.05) is 6.42 Å². The van der Waals surface area contributed by atoms with Crippen LogP contribution in [0.1, 0.15) is 47.0 Å². The van der Waals surface area contributed by atoms with Crippen LogP contribution in [0, 0.1) is 5.92 Å². The molecular weight excluding hydrogens is 163 g/mol. The third-order valence-corrected chi connectivity index (χ3v) is 3.23. The molecule has 0 saturated heterocycles. The fourth-order valence-corrected chi connectivity index (χ4v) is 2.05. The Morgan fingerprint density at radius 2 is 2.00 bits per heavy atom. The van der Waals surface area contributed by atoms with Crippen LogP contribution in [0.3, 0.4) is 0 Å². The largest absolute Gasteiger partial charge is 0.212 e. The minimum absolute atomic E-state index is 0.0977. The molecule has 0 fully saturated rings. The number of hydrogen-bond acceptors (Lipinski definition) is 0. The zero-order chi connectivity index (χ0) is 10.0. The van der Waals surface area contributed by atoms with E-state index in [-0.39, 0.29) is 5.83 Å². The average Bonchev–Trinajstić information content (AvgIpc) is 2.20. The minimum atomic E-state index is 0.0977. The first-order chi connectivity index (χ1) is 6.07. The second kappa shape index (κ2) is 4.08. The van der Waals surface area contributed by atoms with Crippen LogP contribution in [0.5, 0.6) is 0 Å². The molecule has 1 rings (SSSR count). The summed E-state index contributed by atoms with van der Waals surface area (Å²) < 4.78 is 13.5. The molecule has 0 aromatic rings. The maximum atomic E-state index is 13.5. The fraction of sp³-hybridized carbons (Fsp3) is 0.667. The molecule has 1 heteroatoms. The summed E-state index contributed by atoms with van der Waals surface area (Å²) >= 11 is 0. The number of halogens is 1. The third kappa shape index (κ3) is 2.01. The summed E-state index contributed by atoms with van der Waals surface area (Å²) in [4.78, 5) is 0. The van der Waals surface area contributed by atoms with E-state index in [9.17, 15) is 4.39 Å². The van der Waals surface area contributed by atoms with Crippen molar-refractivity contribution >= 4 is 0 Å². The summed E-state index contributed by atoms with van der Waals surface area (Å²) in [6, 6.07) is 0. The van der Waals surface area contributed by atoms with Crippen molar-refractivity contribution in [3.63, 3.8) is 0 Å². The van der Waals surface area contributed by atoms with Gasteiger partial charge in [-0.25, -0.2) is 4.39 Å². The quantitative estimate of drug-likeness (QED) is 0.564. The van der Waals surface area contributed by atoms with Crippen molar-refractivity contribution in [2.75, 3.05) is 0 Å². The molecule has 0 bridgehead atoms. The van der Waals surface area contributed by atoms with Gasteiger partial charge in [-0.05, 0) is 43.8 Å². The van der Waals surface area contributed by atoms with E-state index in [2.05, 4.69) is 20.8 Å². The van der Waals surface area contributed by atoms with Gasteiger partial charge in [-0.15, -0.1) is 0 Å². The van der Waals surface area contributed by atoms with Crippen molar-refractivity contribution in [2.45, 2.75) is 47.0 Å². The summed E-state index contributed by atoms with van der Waals surface area (Å²) in [6.45, 7) is 8.35. The second-order valence-electron chi connectivity index (χ2n) is 3.98. The van der Waals surface area contributed by atoms with Crippen molar-refractivity contribution in [1.82, 2.24) is 0 Å². The highest BCUT2D eigenvalue weighted by molar-refractivity contribution is 5.37. The van der Waals surface area contributed by atoms with Crippen LogP contribution in [0.4, 0.5) is 4.39 Å². The molecule has 74 valence electrons. The summed E-state index contributed by atoms with van der Waals surface area (Å²) in [6.07, 6.45) is 2.53. The summed E-state index contributed by atoms with van der Waals surface area (Å²) in [5, 5.41) is 0. The van der Waals surface area contributed by atoms with Crippen LogP contribution in [-0.2, 0) is 0 Å². The van der Waals surface area contributed by atoms with Crippen molar-refractivity contribution < 1.29 is 4.39 Å². The zero-order valence-corrected chi connectivity index (χ0v) is 9.08. The Morgan fingerprint density at radius 1 is 1.38 bits per heavy atom. The average molecular weight is 182 g/mol. The van der Waals surface area contributed by atoms with Gasteiger partial charge in [0.05, 0.1) is 0 Å². The Morgan fingerprint density at radius 3 is 2.54 bits per heavy atom. The number of rotatable bonds is 1. The molecule has 0 spiro atoms.